The van der Waals surface area contributed by atoms with E-state index in [1.807, 2.05) is 0 Å². The van der Waals surface area contributed by atoms with E-state index in [0.717, 1.165) is 17.1 Å². The molecular weight excluding hydrogens is 783 g/mol. The van der Waals surface area contributed by atoms with Crippen molar-refractivity contribution in [3.63, 3.8) is 0 Å². The number of benzene rings is 12. The quantitative estimate of drug-likeness (QED) is 0.138. The molecule has 0 fully saturated rings. The summed E-state index contributed by atoms with van der Waals surface area (Å²) in [5, 5.41) is 10.1. The maximum Gasteiger partial charge on any atom is 0.0468 e. The SMILES string of the molecule is c1ccc(-c2cc(N(c3ccc(-c4cccc5ccccc45)cc3)c3ccc(-c4cc5ccccc5c5ccccc45)cc3)ccc2-c2ccc(-c3cccc4ccccc34)cc2)cc1. The van der Waals surface area contributed by atoms with Gasteiger partial charge in [0.05, 0.1) is 0 Å². The highest BCUT2D eigenvalue weighted by Gasteiger charge is 2.18. The molecule has 1 heteroatoms. The zero-order valence-corrected chi connectivity index (χ0v) is 35.8. The zero-order chi connectivity index (χ0) is 43.1. The van der Waals surface area contributed by atoms with Crippen LogP contribution in [0.1, 0.15) is 0 Å². The average molecular weight is 826 g/mol. The minimum absolute atomic E-state index is 1.08. The van der Waals surface area contributed by atoms with Crippen molar-refractivity contribution in [3.8, 4) is 55.6 Å². The van der Waals surface area contributed by atoms with Crippen molar-refractivity contribution in [1.82, 2.24) is 0 Å². The van der Waals surface area contributed by atoms with E-state index in [2.05, 4.69) is 266 Å². The van der Waals surface area contributed by atoms with Gasteiger partial charge in [0.2, 0.25) is 0 Å². The minimum Gasteiger partial charge on any atom is -0.310 e. The Morgan fingerprint density at radius 2 is 0.585 bits per heavy atom. The second-order valence-electron chi connectivity index (χ2n) is 16.8. The molecule has 12 aromatic carbocycles. The number of nitrogens with zero attached hydrogens (tertiary/aromatic N) is 1. The number of hydrogen-bond donors (Lipinski definition) is 0. The molecule has 12 aromatic rings. The van der Waals surface area contributed by atoms with Crippen LogP contribution >= 0.6 is 0 Å². The van der Waals surface area contributed by atoms with Gasteiger partial charge in [-0.3, -0.25) is 0 Å². The predicted molar refractivity (Wildman–Crippen MR) is 278 cm³/mol. The molecule has 0 saturated carbocycles. The van der Waals surface area contributed by atoms with Crippen molar-refractivity contribution in [2.24, 2.45) is 0 Å². The molecule has 304 valence electrons. The van der Waals surface area contributed by atoms with E-state index >= 15 is 0 Å². The van der Waals surface area contributed by atoms with Gasteiger partial charge >= 0.3 is 0 Å². The summed E-state index contributed by atoms with van der Waals surface area (Å²) in [5.74, 6) is 0. The van der Waals surface area contributed by atoms with Crippen LogP contribution in [-0.2, 0) is 0 Å². The summed E-state index contributed by atoms with van der Waals surface area (Å²) in [5.41, 5.74) is 15.3. The van der Waals surface area contributed by atoms with E-state index in [1.54, 1.807) is 0 Å². The predicted octanol–water partition coefficient (Wildman–Crippen LogP) is 18.1. The molecule has 12 rings (SSSR count). The Balaban J connectivity index is 0.986. The average Bonchev–Trinajstić information content (AvgIpc) is 3.39. The van der Waals surface area contributed by atoms with E-state index in [-0.39, 0.29) is 0 Å². The first-order chi connectivity index (χ1) is 32.2. The van der Waals surface area contributed by atoms with Crippen molar-refractivity contribution in [2.75, 3.05) is 4.90 Å². The second-order valence-corrected chi connectivity index (χ2v) is 16.8. The first-order valence-electron chi connectivity index (χ1n) is 22.4. The van der Waals surface area contributed by atoms with Crippen LogP contribution in [0.5, 0.6) is 0 Å². The Bertz CT molecular complexity index is 3670. The molecule has 0 saturated heterocycles. The first kappa shape index (κ1) is 38.2. The highest BCUT2D eigenvalue weighted by molar-refractivity contribution is 6.14. The van der Waals surface area contributed by atoms with E-state index in [1.165, 1.54) is 98.7 Å². The lowest BCUT2D eigenvalue weighted by molar-refractivity contribution is 1.28. The van der Waals surface area contributed by atoms with Gasteiger partial charge in [0, 0.05) is 17.1 Å². The lowest BCUT2D eigenvalue weighted by Gasteiger charge is -2.27. The summed E-state index contributed by atoms with van der Waals surface area (Å²) < 4.78 is 0. The van der Waals surface area contributed by atoms with Gasteiger partial charge < -0.3 is 4.90 Å². The topological polar surface area (TPSA) is 3.24 Å². The third kappa shape index (κ3) is 7.01. The summed E-state index contributed by atoms with van der Waals surface area (Å²) >= 11 is 0. The molecule has 1 nitrogen and oxygen atoms in total. The molecule has 0 radical (unpaired) electrons. The fourth-order valence-corrected chi connectivity index (χ4v) is 9.88. The molecule has 0 bridgehead atoms. The van der Waals surface area contributed by atoms with Crippen LogP contribution in [0.2, 0.25) is 0 Å². The largest absolute Gasteiger partial charge is 0.310 e. The standard InChI is InChI=1S/C64H43N/c1-2-14-46(15-3-1)64-43-54(40-41-60(64)48-30-28-47(29-31-48)57-26-12-19-44-16-4-7-21-55(44)57)65(52-36-32-49(33-37-52)58-27-13-20-45-17-5-8-22-56(45)58)53-38-34-50(35-39-53)63-42-51-18-6-9-23-59(51)61-24-10-11-25-62(61)63/h1-43H. The maximum absolute atomic E-state index is 2.40. The Morgan fingerprint density at radius 1 is 0.185 bits per heavy atom. The molecule has 0 N–H and O–H groups in total. The number of rotatable bonds is 8. The van der Waals surface area contributed by atoms with Crippen LogP contribution in [-0.4, -0.2) is 0 Å². The molecule has 65 heavy (non-hydrogen) atoms. The van der Waals surface area contributed by atoms with Crippen molar-refractivity contribution < 1.29 is 0 Å². The summed E-state index contributed by atoms with van der Waals surface area (Å²) in [6.45, 7) is 0. The minimum atomic E-state index is 1.08. The van der Waals surface area contributed by atoms with E-state index in [4.69, 9.17) is 0 Å². The molecular formula is C64H43N. The number of fused-ring (bicyclic) bond motifs is 5. The fraction of sp³-hybridized carbons (Fsp3) is 0. The first-order valence-corrected chi connectivity index (χ1v) is 22.4. The molecule has 0 aliphatic carbocycles. The summed E-state index contributed by atoms with van der Waals surface area (Å²) in [6.07, 6.45) is 0. The monoisotopic (exact) mass is 825 g/mol. The van der Waals surface area contributed by atoms with Gasteiger partial charge in [0.1, 0.15) is 0 Å². The van der Waals surface area contributed by atoms with Crippen LogP contribution in [0.15, 0.2) is 261 Å². The van der Waals surface area contributed by atoms with Crippen molar-refractivity contribution in [2.45, 2.75) is 0 Å². The van der Waals surface area contributed by atoms with E-state index < -0.39 is 0 Å². The highest BCUT2D eigenvalue weighted by atomic mass is 15.1. The van der Waals surface area contributed by atoms with Crippen LogP contribution in [0.25, 0.3) is 98.7 Å². The van der Waals surface area contributed by atoms with Gasteiger partial charge in [-0.1, -0.05) is 218 Å². The molecule has 0 spiro atoms. The Hall–Kier alpha value is -8.52. The van der Waals surface area contributed by atoms with Crippen molar-refractivity contribution >= 4 is 60.2 Å². The molecule has 0 aliphatic heterocycles. The Kier molecular flexibility index (Phi) is 9.58. The summed E-state index contributed by atoms with van der Waals surface area (Å²) in [7, 11) is 0. The Labute approximate surface area is 379 Å². The molecule has 0 aliphatic rings. The summed E-state index contributed by atoms with van der Waals surface area (Å²) in [4.78, 5) is 2.40. The molecule has 0 atom stereocenters. The van der Waals surface area contributed by atoms with Crippen LogP contribution in [0, 0.1) is 0 Å². The van der Waals surface area contributed by atoms with Crippen LogP contribution in [0.3, 0.4) is 0 Å². The van der Waals surface area contributed by atoms with Gasteiger partial charge in [-0.2, -0.15) is 0 Å². The van der Waals surface area contributed by atoms with Gasteiger partial charge in [0.25, 0.3) is 0 Å². The maximum atomic E-state index is 2.40. The normalized spacial score (nSPS) is 11.4. The molecule has 0 heterocycles. The zero-order valence-electron chi connectivity index (χ0n) is 35.8. The van der Waals surface area contributed by atoms with Gasteiger partial charge in [-0.15, -0.1) is 0 Å². The van der Waals surface area contributed by atoms with Crippen LogP contribution in [0.4, 0.5) is 17.1 Å². The molecule has 0 amide bonds. The van der Waals surface area contributed by atoms with Gasteiger partial charge in [-0.25, -0.2) is 0 Å². The molecule has 0 unspecified atom stereocenters. The van der Waals surface area contributed by atoms with Gasteiger partial charge in [-0.05, 0) is 141 Å². The van der Waals surface area contributed by atoms with Crippen LogP contribution < -0.4 is 4.90 Å². The number of hydrogen-bond acceptors (Lipinski definition) is 1. The fourth-order valence-electron chi connectivity index (χ4n) is 9.88. The second kappa shape index (κ2) is 16.3. The van der Waals surface area contributed by atoms with E-state index in [9.17, 15) is 0 Å². The van der Waals surface area contributed by atoms with Gasteiger partial charge in [0.15, 0.2) is 0 Å². The lowest BCUT2D eigenvalue weighted by Crippen LogP contribution is -2.10. The number of anilines is 3. The van der Waals surface area contributed by atoms with Crippen molar-refractivity contribution in [3.05, 3.63) is 261 Å². The van der Waals surface area contributed by atoms with Crippen molar-refractivity contribution in [1.29, 1.82) is 0 Å². The lowest BCUT2D eigenvalue weighted by atomic mass is 9.91. The third-order valence-electron chi connectivity index (χ3n) is 13.1. The highest BCUT2D eigenvalue weighted by Crippen LogP contribution is 2.43. The smallest absolute Gasteiger partial charge is 0.0468 e. The summed E-state index contributed by atoms with van der Waals surface area (Å²) in [6, 6.07) is 95.3. The Morgan fingerprint density at radius 3 is 1.17 bits per heavy atom. The van der Waals surface area contributed by atoms with E-state index in [0.29, 0.717) is 0 Å². The molecule has 0 aromatic heterocycles. The third-order valence-corrected chi connectivity index (χ3v) is 13.1.